The minimum absolute atomic E-state index is 0.262. The number of anilines is 6. The van der Waals surface area contributed by atoms with Gasteiger partial charge < -0.3 is 24.8 Å². The number of amides is 3. The third-order valence-corrected chi connectivity index (χ3v) is 11.3. The van der Waals surface area contributed by atoms with Gasteiger partial charge in [0.15, 0.2) is 0 Å². The molecule has 274 valence electrons. The van der Waals surface area contributed by atoms with Crippen molar-refractivity contribution in [3.8, 4) is 5.75 Å². The van der Waals surface area contributed by atoms with Crippen LogP contribution in [0, 0.1) is 6.92 Å². The second-order valence-electron chi connectivity index (χ2n) is 13.3. The van der Waals surface area contributed by atoms with Crippen LogP contribution in [0.5, 0.6) is 5.75 Å². The third kappa shape index (κ3) is 7.94. The molecule has 0 spiro atoms. The van der Waals surface area contributed by atoms with E-state index in [0.717, 1.165) is 55.2 Å². The van der Waals surface area contributed by atoms with Crippen molar-refractivity contribution in [2.24, 2.45) is 0 Å². The SMILES string of the molecule is COc1cc(N2CCN(Cc3ccc(N4CCC(=O)NC4=O)nc3)CC2)c(C)cc1Nc1ncc(Br)c(Nc2ccc3nccnc3c2P(C)(C)=O)n1. The quantitative estimate of drug-likeness (QED) is 0.154. The monoisotopic (exact) mass is 799 g/mol. The molecular formula is C36H39BrN11O4P. The van der Waals surface area contributed by atoms with Gasteiger partial charge in [0.05, 0.1) is 33.8 Å². The van der Waals surface area contributed by atoms with Crippen molar-refractivity contribution < 1.29 is 18.9 Å². The molecule has 3 amide bonds. The highest BCUT2D eigenvalue weighted by atomic mass is 79.9. The third-order valence-electron chi connectivity index (χ3n) is 9.17. The van der Waals surface area contributed by atoms with Gasteiger partial charge in [-0.2, -0.15) is 4.98 Å². The van der Waals surface area contributed by atoms with Crippen molar-refractivity contribution in [2.75, 3.05) is 73.6 Å². The number of urea groups is 1. The Morgan fingerprint density at radius 3 is 2.43 bits per heavy atom. The maximum Gasteiger partial charge on any atom is 0.329 e. The number of hydrogen-bond acceptors (Lipinski definition) is 13. The highest BCUT2D eigenvalue weighted by molar-refractivity contribution is 9.10. The Morgan fingerprint density at radius 1 is 0.925 bits per heavy atom. The fraction of sp³-hybridized carbons (Fsp3) is 0.306. The first kappa shape index (κ1) is 36.2. The fourth-order valence-electron chi connectivity index (χ4n) is 6.57. The summed E-state index contributed by atoms with van der Waals surface area (Å²) >= 11 is 3.56. The summed E-state index contributed by atoms with van der Waals surface area (Å²) < 4.78 is 19.9. The van der Waals surface area contributed by atoms with Crippen molar-refractivity contribution in [2.45, 2.75) is 19.9 Å². The first-order chi connectivity index (χ1) is 25.5. The van der Waals surface area contributed by atoms with Crippen LogP contribution in [-0.4, -0.2) is 94.9 Å². The number of fused-ring (bicyclic) bond motifs is 1. The van der Waals surface area contributed by atoms with Crippen molar-refractivity contribution >= 4 is 86.0 Å². The number of hydrogen-bond donors (Lipinski definition) is 3. The number of benzene rings is 2. The Bertz CT molecular complexity index is 2240. The Balaban J connectivity index is 1.02. The van der Waals surface area contributed by atoms with E-state index in [1.807, 2.05) is 36.4 Å². The van der Waals surface area contributed by atoms with Gasteiger partial charge in [0.25, 0.3) is 0 Å². The first-order valence-corrected chi connectivity index (χ1v) is 20.4. The Kier molecular flexibility index (Phi) is 10.3. The minimum atomic E-state index is -2.77. The van der Waals surface area contributed by atoms with Gasteiger partial charge in [-0.1, -0.05) is 6.07 Å². The van der Waals surface area contributed by atoms with Crippen LogP contribution < -0.4 is 35.8 Å². The van der Waals surface area contributed by atoms with E-state index >= 15 is 0 Å². The Hall–Kier alpha value is -5.18. The summed E-state index contributed by atoms with van der Waals surface area (Å²) in [6.45, 7) is 9.96. The van der Waals surface area contributed by atoms with Crippen LogP contribution in [0.25, 0.3) is 11.0 Å². The topological polar surface area (TPSA) is 171 Å². The molecule has 0 unspecified atom stereocenters. The van der Waals surface area contributed by atoms with Gasteiger partial charge in [0, 0.05) is 82.2 Å². The summed E-state index contributed by atoms with van der Waals surface area (Å²) in [6.07, 6.45) is 6.93. The standard InChI is InChI=1S/C36H39BrN11O4P/c1-22-17-27(43-35-41-20-24(37)34(45-35)42-26-7-6-25-32(39-11-10-38-25)33(26)53(3,4)51)29(52-2)18-28(22)47-15-13-46(14-16-47)21-23-5-8-30(40-19-23)48-12-9-31(49)44-36(48)50/h5-8,10-11,17-20H,9,12-16,21H2,1-4H3,(H,44,49,50)(H2,41,42,43,45). The summed E-state index contributed by atoms with van der Waals surface area (Å²) in [7, 11) is -1.13. The zero-order valence-electron chi connectivity index (χ0n) is 29.8. The van der Waals surface area contributed by atoms with E-state index < -0.39 is 13.2 Å². The lowest BCUT2D eigenvalue weighted by Gasteiger charge is -2.37. The molecule has 17 heteroatoms. The lowest BCUT2D eigenvalue weighted by atomic mass is 10.1. The molecule has 0 bridgehead atoms. The Morgan fingerprint density at radius 2 is 1.72 bits per heavy atom. The van der Waals surface area contributed by atoms with Crippen LogP contribution in [0.3, 0.4) is 0 Å². The number of imide groups is 1. The predicted molar refractivity (Wildman–Crippen MR) is 210 cm³/mol. The van der Waals surface area contributed by atoms with E-state index in [2.05, 4.69) is 68.5 Å². The second kappa shape index (κ2) is 15.0. The van der Waals surface area contributed by atoms with Crippen molar-refractivity contribution in [3.05, 3.63) is 76.8 Å². The highest BCUT2D eigenvalue weighted by Gasteiger charge is 2.26. The van der Waals surface area contributed by atoms with Gasteiger partial charge in [0.2, 0.25) is 11.9 Å². The van der Waals surface area contributed by atoms with Crippen LogP contribution in [-0.2, 0) is 15.9 Å². The number of methoxy groups -OCH3 is 1. The zero-order valence-corrected chi connectivity index (χ0v) is 32.2. The van der Waals surface area contributed by atoms with Crippen LogP contribution in [0.1, 0.15) is 17.5 Å². The number of nitrogens with one attached hydrogen (secondary N) is 3. The largest absolute Gasteiger partial charge is 0.494 e. The summed E-state index contributed by atoms with van der Waals surface area (Å²) in [5.74, 6) is 1.76. The molecule has 0 saturated carbocycles. The first-order valence-electron chi connectivity index (χ1n) is 17.0. The normalized spacial score (nSPS) is 15.4. The lowest BCUT2D eigenvalue weighted by Crippen LogP contribution is -2.49. The van der Waals surface area contributed by atoms with Crippen LogP contribution in [0.4, 0.5) is 39.4 Å². The molecule has 0 atom stereocenters. The molecule has 0 radical (unpaired) electrons. The van der Waals surface area contributed by atoms with E-state index in [0.29, 0.717) is 56.4 Å². The summed E-state index contributed by atoms with van der Waals surface area (Å²) in [5.41, 5.74) is 5.83. The smallest absolute Gasteiger partial charge is 0.329 e. The molecule has 7 rings (SSSR count). The van der Waals surface area contributed by atoms with Crippen molar-refractivity contribution in [1.82, 2.24) is 35.1 Å². The van der Waals surface area contributed by atoms with Gasteiger partial charge in [-0.15, -0.1) is 0 Å². The molecule has 5 aromatic rings. The average Bonchev–Trinajstić information content (AvgIpc) is 3.13. The molecule has 3 N–H and O–H groups in total. The van der Waals surface area contributed by atoms with Crippen molar-refractivity contribution in [1.29, 1.82) is 0 Å². The van der Waals surface area contributed by atoms with Crippen LogP contribution >= 0.6 is 23.1 Å². The number of aromatic nitrogens is 5. The van der Waals surface area contributed by atoms with Crippen LogP contribution in [0.15, 0.2) is 65.7 Å². The second-order valence-corrected chi connectivity index (χ2v) is 17.3. The van der Waals surface area contributed by atoms with E-state index in [1.165, 1.54) is 4.90 Å². The van der Waals surface area contributed by atoms with Gasteiger partial charge in [0.1, 0.15) is 30.0 Å². The molecule has 2 aliphatic rings. The summed E-state index contributed by atoms with van der Waals surface area (Å²) in [4.78, 5) is 52.5. The number of ether oxygens (including phenoxy) is 1. The number of nitrogens with zero attached hydrogens (tertiary/aromatic N) is 8. The molecule has 3 aromatic heterocycles. The number of carbonyl (C=O) groups is 2. The maximum absolute atomic E-state index is 13.4. The van der Waals surface area contributed by atoms with E-state index in [4.69, 9.17) is 9.72 Å². The fourth-order valence-corrected chi connectivity index (χ4v) is 8.26. The summed E-state index contributed by atoms with van der Waals surface area (Å²) in [6, 6.07) is 11.1. The van der Waals surface area contributed by atoms with E-state index in [1.54, 1.807) is 45.2 Å². The van der Waals surface area contributed by atoms with Crippen LogP contribution in [0.2, 0.25) is 0 Å². The lowest BCUT2D eigenvalue weighted by molar-refractivity contribution is -0.120. The van der Waals surface area contributed by atoms with Gasteiger partial charge in [-0.3, -0.25) is 29.9 Å². The molecule has 0 aliphatic carbocycles. The van der Waals surface area contributed by atoms with E-state index in [9.17, 15) is 14.2 Å². The molecule has 2 aliphatic heterocycles. The maximum atomic E-state index is 13.4. The molecule has 53 heavy (non-hydrogen) atoms. The zero-order chi connectivity index (χ0) is 37.3. The number of halogens is 1. The highest BCUT2D eigenvalue weighted by Crippen LogP contribution is 2.41. The molecule has 15 nitrogen and oxygen atoms in total. The average molecular weight is 801 g/mol. The van der Waals surface area contributed by atoms with Crippen molar-refractivity contribution in [3.63, 3.8) is 0 Å². The number of pyridine rings is 1. The number of aryl methyl sites for hydroxylation is 1. The molecule has 2 aromatic carbocycles. The molecule has 5 heterocycles. The predicted octanol–water partition coefficient (Wildman–Crippen LogP) is 5.40. The van der Waals surface area contributed by atoms with Gasteiger partial charge >= 0.3 is 6.03 Å². The van der Waals surface area contributed by atoms with Gasteiger partial charge in [-0.05, 0) is 71.6 Å². The summed E-state index contributed by atoms with van der Waals surface area (Å²) in [5, 5.41) is 9.61. The van der Waals surface area contributed by atoms with Gasteiger partial charge in [-0.25, -0.2) is 14.8 Å². The Labute approximate surface area is 315 Å². The number of piperazine rings is 1. The number of rotatable bonds is 10. The van der Waals surface area contributed by atoms with E-state index in [-0.39, 0.29) is 12.3 Å². The molecule has 2 saturated heterocycles. The molecule has 2 fully saturated rings. The minimum Gasteiger partial charge on any atom is -0.494 e. The number of carbonyl (C=O) groups excluding carboxylic acids is 2. The molecular weight excluding hydrogens is 761 g/mol.